The normalized spacial score (nSPS) is 16.7. The van der Waals surface area contributed by atoms with Crippen molar-refractivity contribution in [1.29, 1.82) is 0 Å². The Morgan fingerprint density at radius 1 is 0.576 bits per heavy atom. The average Bonchev–Trinajstić information content (AvgIpc) is 3.11. The van der Waals surface area contributed by atoms with Crippen LogP contribution in [0.15, 0.2) is 84.6 Å². The van der Waals surface area contributed by atoms with Gasteiger partial charge in [0.2, 0.25) is 0 Å². The summed E-state index contributed by atoms with van der Waals surface area (Å²) in [5, 5.41) is 0. The van der Waals surface area contributed by atoms with Gasteiger partial charge in [-0.2, -0.15) is 0 Å². The number of nitrogens with zero attached hydrogens (tertiary/aromatic N) is 3. The smallest absolute Gasteiger partial charge is 0.282 e. The van der Waals surface area contributed by atoms with E-state index in [1.165, 1.54) is 48.5 Å². The molecule has 166 valence electrons. The molecule has 0 radical (unpaired) electrons. The fourth-order valence-electron chi connectivity index (χ4n) is 4.34. The van der Waals surface area contributed by atoms with E-state index in [0.717, 1.165) is 10.6 Å². The summed E-state index contributed by atoms with van der Waals surface area (Å²) in [6.07, 6.45) is 0. The molecule has 0 bridgehead atoms. The van der Waals surface area contributed by atoms with E-state index < -0.39 is 23.4 Å². The lowest BCUT2D eigenvalue weighted by atomic mass is 10.0. The van der Waals surface area contributed by atoms with E-state index in [4.69, 9.17) is 0 Å². The van der Waals surface area contributed by atoms with Gasteiger partial charge in [0.25, 0.3) is 11.8 Å². The van der Waals surface area contributed by atoms with Crippen molar-refractivity contribution in [2.75, 3.05) is 36.0 Å². The second-order valence-corrected chi connectivity index (χ2v) is 7.96. The maximum absolute atomic E-state index is 13.6. The SMILES string of the molecule is O=C1C(c2ccc(F)cc2)=C(N2CCN(c3ccccc3)CC2)C(=O)N1c1ccc(F)cc1. The Balaban J connectivity index is 1.50. The summed E-state index contributed by atoms with van der Waals surface area (Å²) >= 11 is 0. The third-order valence-corrected chi connectivity index (χ3v) is 5.99. The highest BCUT2D eigenvalue weighted by Gasteiger charge is 2.43. The molecular formula is C26H21F2N3O2. The van der Waals surface area contributed by atoms with Crippen LogP contribution in [-0.4, -0.2) is 42.9 Å². The number of benzene rings is 3. The zero-order valence-electron chi connectivity index (χ0n) is 17.7. The van der Waals surface area contributed by atoms with Gasteiger partial charge in [-0.25, -0.2) is 13.7 Å². The third-order valence-electron chi connectivity index (χ3n) is 5.99. The van der Waals surface area contributed by atoms with Gasteiger partial charge >= 0.3 is 0 Å². The zero-order chi connectivity index (χ0) is 22.9. The number of hydrogen-bond acceptors (Lipinski definition) is 4. The summed E-state index contributed by atoms with van der Waals surface area (Å²) in [4.78, 5) is 32.2. The largest absolute Gasteiger partial charge is 0.368 e. The van der Waals surface area contributed by atoms with E-state index in [2.05, 4.69) is 4.90 Å². The van der Waals surface area contributed by atoms with Crippen LogP contribution < -0.4 is 9.80 Å². The van der Waals surface area contributed by atoms with Crippen LogP contribution in [0.3, 0.4) is 0 Å². The second-order valence-electron chi connectivity index (χ2n) is 7.96. The van der Waals surface area contributed by atoms with Gasteiger partial charge in [-0.15, -0.1) is 0 Å². The molecule has 0 atom stereocenters. The van der Waals surface area contributed by atoms with Crippen molar-refractivity contribution in [3.63, 3.8) is 0 Å². The molecule has 0 saturated carbocycles. The van der Waals surface area contributed by atoms with Gasteiger partial charge in [-0.1, -0.05) is 30.3 Å². The van der Waals surface area contributed by atoms with Gasteiger partial charge in [0, 0.05) is 31.9 Å². The predicted molar refractivity (Wildman–Crippen MR) is 122 cm³/mol. The number of para-hydroxylation sites is 1. The van der Waals surface area contributed by atoms with Crippen LogP contribution in [0.1, 0.15) is 5.56 Å². The van der Waals surface area contributed by atoms with Gasteiger partial charge in [-0.3, -0.25) is 9.59 Å². The van der Waals surface area contributed by atoms with Crippen molar-refractivity contribution in [3.05, 3.63) is 102 Å². The zero-order valence-corrected chi connectivity index (χ0v) is 17.7. The molecule has 2 aliphatic rings. The van der Waals surface area contributed by atoms with Crippen molar-refractivity contribution in [2.45, 2.75) is 0 Å². The lowest BCUT2D eigenvalue weighted by Crippen LogP contribution is -2.47. The van der Waals surface area contributed by atoms with Crippen molar-refractivity contribution < 1.29 is 18.4 Å². The minimum absolute atomic E-state index is 0.234. The summed E-state index contributed by atoms with van der Waals surface area (Å²) in [6, 6.07) is 20.8. The van der Waals surface area contributed by atoms with Gasteiger partial charge in [0.1, 0.15) is 17.3 Å². The minimum Gasteiger partial charge on any atom is -0.368 e. The van der Waals surface area contributed by atoms with E-state index in [1.54, 1.807) is 0 Å². The Morgan fingerprint density at radius 3 is 1.73 bits per heavy atom. The van der Waals surface area contributed by atoms with Crippen LogP contribution in [0.4, 0.5) is 20.2 Å². The summed E-state index contributed by atoms with van der Waals surface area (Å²) in [7, 11) is 0. The molecule has 3 aromatic rings. The number of hydrogen-bond donors (Lipinski definition) is 0. The highest BCUT2D eigenvalue weighted by Crippen LogP contribution is 2.35. The van der Waals surface area contributed by atoms with Crippen LogP contribution in [0, 0.1) is 11.6 Å². The molecule has 7 heteroatoms. The lowest BCUT2D eigenvalue weighted by molar-refractivity contribution is -0.120. The molecule has 0 aliphatic carbocycles. The summed E-state index contributed by atoms with van der Waals surface area (Å²) in [6.45, 7) is 2.46. The summed E-state index contributed by atoms with van der Waals surface area (Å²) in [5.74, 6) is -1.84. The van der Waals surface area contributed by atoms with Gasteiger partial charge in [0.05, 0.1) is 11.3 Å². The van der Waals surface area contributed by atoms with E-state index in [0.29, 0.717) is 43.1 Å². The maximum Gasteiger partial charge on any atom is 0.282 e. The fraction of sp³-hybridized carbons (Fsp3) is 0.154. The molecule has 2 heterocycles. The highest BCUT2D eigenvalue weighted by atomic mass is 19.1. The number of halogens is 2. The number of carbonyl (C=O) groups excluding carboxylic acids is 2. The molecule has 1 saturated heterocycles. The number of imide groups is 1. The molecule has 0 N–H and O–H groups in total. The second kappa shape index (κ2) is 8.50. The molecular weight excluding hydrogens is 424 g/mol. The first-order chi connectivity index (χ1) is 16.0. The molecule has 0 unspecified atom stereocenters. The maximum atomic E-state index is 13.6. The molecule has 3 aromatic carbocycles. The van der Waals surface area contributed by atoms with Crippen LogP contribution in [0.5, 0.6) is 0 Å². The Hall–Kier alpha value is -4.00. The molecule has 2 amide bonds. The molecule has 2 aliphatic heterocycles. The standard InChI is InChI=1S/C26H21F2N3O2/c27-19-8-6-18(7-9-19)23-24(26(33)31(25(23)32)22-12-10-20(28)11-13-22)30-16-14-29(15-17-30)21-4-2-1-3-5-21/h1-13H,14-17H2. The van der Waals surface area contributed by atoms with Crippen LogP contribution >= 0.6 is 0 Å². The van der Waals surface area contributed by atoms with Gasteiger partial charge < -0.3 is 9.80 Å². The monoisotopic (exact) mass is 445 g/mol. The van der Waals surface area contributed by atoms with Gasteiger partial charge in [0.15, 0.2) is 0 Å². The third kappa shape index (κ3) is 3.86. The van der Waals surface area contributed by atoms with Crippen molar-refractivity contribution in [3.8, 4) is 0 Å². The van der Waals surface area contributed by atoms with Crippen LogP contribution in [-0.2, 0) is 9.59 Å². The molecule has 1 fully saturated rings. The van der Waals surface area contributed by atoms with E-state index in [9.17, 15) is 18.4 Å². The van der Waals surface area contributed by atoms with E-state index >= 15 is 0 Å². The first kappa shape index (κ1) is 20.9. The Labute approximate surface area is 190 Å². The molecule has 0 aromatic heterocycles. The Bertz CT molecular complexity index is 1220. The number of amides is 2. The van der Waals surface area contributed by atoms with Crippen molar-refractivity contribution in [1.82, 2.24) is 4.90 Å². The number of rotatable bonds is 4. The molecule has 33 heavy (non-hydrogen) atoms. The molecule has 5 nitrogen and oxygen atoms in total. The van der Waals surface area contributed by atoms with Crippen LogP contribution in [0.25, 0.3) is 5.57 Å². The lowest BCUT2D eigenvalue weighted by Gasteiger charge is -2.37. The average molecular weight is 445 g/mol. The first-order valence-corrected chi connectivity index (χ1v) is 10.7. The number of anilines is 2. The quantitative estimate of drug-likeness (QED) is 0.568. The van der Waals surface area contributed by atoms with Crippen molar-refractivity contribution in [2.24, 2.45) is 0 Å². The Kier molecular flexibility index (Phi) is 5.38. The van der Waals surface area contributed by atoms with Crippen molar-refractivity contribution >= 4 is 28.8 Å². The fourth-order valence-corrected chi connectivity index (χ4v) is 4.34. The van der Waals surface area contributed by atoms with Gasteiger partial charge in [-0.05, 0) is 54.1 Å². The molecule has 5 rings (SSSR count). The number of piperazine rings is 1. The van der Waals surface area contributed by atoms with Crippen LogP contribution in [0.2, 0.25) is 0 Å². The molecule has 0 spiro atoms. The first-order valence-electron chi connectivity index (χ1n) is 10.7. The minimum atomic E-state index is -0.501. The van der Waals surface area contributed by atoms with E-state index in [1.807, 2.05) is 35.2 Å². The number of carbonyl (C=O) groups is 2. The predicted octanol–water partition coefficient (Wildman–Crippen LogP) is 4.07. The Morgan fingerprint density at radius 2 is 1.12 bits per heavy atom. The van der Waals surface area contributed by atoms with E-state index in [-0.39, 0.29) is 5.57 Å². The summed E-state index contributed by atoms with van der Waals surface area (Å²) in [5.41, 5.74) is 2.40. The summed E-state index contributed by atoms with van der Waals surface area (Å²) < 4.78 is 27.0. The highest BCUT2D eigenvalue weighted by molar-refractivity contribution is 6.45. The topological polar surface area (TPSA) is 43.9 Å².